The minimum atomic E-state index is -0.180. The fraction of sp³-hybridized carbons (Fsp3) is 0.647. The molecule has 2 aliphatic rings. The number of piperidine rings is 1. The molecule has 1 heterocycles. The smallest absolute Gasteiger partial charge is 0.148 e. The average molecular weight is 276 g/mol. The van der Waals surface area contributed by atoms with Gasteiger partial charge in [-0.2, -0.15) is 0 Å². The molecule has 0 atom stereocenters. The first-order valence-electron chi connectivity index (χ1n) is 8.04. The Labute approximate surface area is 121 Å². The van der Waals surface area contributed by atoms with Crippen molar-refractivity contribution in [1.29, 1.82) is 0 Å². The topological polar surface area (TPSA) is 29.3 Å². The largest absolute Gasteiger partial charge is 0.399 e. The predicted molar refractivity (Wildman–Crippen MR) is 82.3 cm³/mol. The SMILES string of the molecule is Nc1ccc(N2CCC(C3CCCCC3)CC2)c(F)c1. The Morgan fingerprint density at radius 2 is 1.60 bits per heavy atom. The Kier molecular flexibility index (Phi) is 4.13. The third kappa shape index (κ3) is 2.92. The first-order chi connectivity index (χ1) is 9.74. The van der Waals surface area contributed by atoms with Crippen LogP contribution in [0.4, 0.5) is 15.8 Å². The highest BCUT2D eigenvalue weighted by Crippen LogP contribution is 2.37. The molecule has 2 N–H and O–H groups in total. The number of halogens is 1. The van der Waals surface area contributed by atoms with Gasteiger partial charge in [-0.05, 0) is 42.9 Å². The van der Waals surface area contributed by atoms with Gasteiger partial charge in [-0.1, -0.05) is 32.1 Å². The second kappa shape index (κ2) is 6.02. The molecule has 1 aromatic carbocycles. The maximum Gasteiger partial charge on any atom is 0.148 e. The van der Waals surface area contributed by atoms with E-state index >= 15 is 0 Å². The number of nitrogens with two attached hydrogens (primary N) is 1. The summed E-state index contributed by atoms with van der Waals surface area (Å²) in [7, 11) is 0. The maximum atomic E-state index is 14.0. The van der Waals surface area contributed by atoms with Gasteiger partial charge in [0.15, 0.2) is 0 Å². The van der Waals surface area contributed by atoms with Crippen LogP contribution in [-0.2, 0) is 0 Å². The van der Waals surface area contributed by atoms with Crippen molar-refractivity contribution in [2.75, 3.05) is 23.7 Å². The molecule has 0 aromatic heterocycles. The molecule has 20 heavy (non-hydrogen) atoms. The number of nitrogens with zero attached hydrogens (tertiary/aromatic N) is 1. The summed E-state index contributed by atoms with van der Waals surface area (Å²) in [6.45, 7) is 1.98. The van der Waals surface area contributed by atoms with Crippen LogP contribution in [0.1, 0.15) is 44.9 Å². The van der Waals surface area contributed by atoms with Crippen molar-refractivity contribution in [2.24, 2.45) is 11.8 Å². The van der Waals surface area contributed by atoms with E-state index in [0.29, 0.717) is 5.69 Å². The van der Waals surface area contributed by atoms with Gasteiger partial charge in [0, 0.05) is 18.8 Å². The van der Waals surface area contributed by atoms with E-state index in [1.807, 2.05) is 6.07 Å². The van der Waals surface area contributed by atoms with Gasteiger partial charge in [0.1, 0.15) is 5.82 Å². The minimum Gasteiger partial charge on any atom is -0.399 e. The van der Waals surface area contributed by atoms with Crippen molar-refractivity contribution in [3.8, 4) is 0 Å². The first-order valence-corrected chi connectivity index (χ1v) is 8.04. The van der Waals surface area contributed by atoms with E-state index in [1.165, 1.54) is 51.0 Å². The molecule has 1 aromatic rings. The van der Waals surface area contributed by atoms with Crippen LogP contribution in [0.3, 0.4) is 0 Å². The zero-order valence-electron chi connectivity index (χ0n) is 12.2. The molecule has 0 bridgehead atoms. The molecule has 1 aliphatic carbocycles. The Morgan fingerprint density at radius 3 is 2.25 bits per heavy atom. The van der Waals surface area contributed by atoms with E-state index in [1.54, 1.807) is 6.07 Å². The van der Waals surface area contributed by atoms with Crippen LogP contribution in [0.5, 0.6) is 0 Å². The lowest BCUT2D eigenvalue weighted by molar-refractivity contribution is 0.213. The number of benzene rings is 1. The van der Waals surface area contributed by atoms with Crippen molar-refractivity contribution >= 4 is 11.4 Å². The van der Waals surface area contributed by atoms with Gasteiger partial charge in [0.2, 0.25) is 0 Å². The zero-order valence-corrected chi connectivity index (χ0v) is 12.2. The Bertz CT molecular complexity index is 446. The fourth-order valence-electron chi connectivity index (χ4n) is 4.00. The summed E-state index contributed by atoms with van der Waals surface area (Å²) < 4.78 is 14.0. The number of hydrogen-bond acceptors (Lipinski definition) is 2. The summed E-state index contributed by atoms with van der Waals surface area (Å²) in [5.41, 5.74) is 6.84. The molecular formula is C17H25FN2. The van der Waals surface area contributed by atoms with Crippen LogP contribution < -0.4 is 10.6 Å². The van der Waals surface area contributed by atoms with Gasteiger partial charge in [0.25, 0.3) is 0 Å². The molecule has 0 radical (unpaired) electrons. The van der Waals surface area contributed by atoms with Crippen molar-refractivity contribution in [3.05, 3.63) is 24.0 Å². The van der Waals surface area contributed by atoms with Gasteiger partial charge in [-0.25, -0.2) is 4.39 Å². The lowest BCUT2D eigenvalue weighted by Crippen LogP contribution is -2.37. The molecular weight excluding hydrogens is 251 g/mol. The monoisotopic (exact) mass is 276 g/mol. The first kappa shape index (κ1) is 13.7. The lowest BCUT2D eigenvalue weighted by atomic mass is 9.76. The van der Waals surface area contributed by atoms with E-state index < -0.39 is 0 Å². The maximum absolute atomic E-state index is 14.0. The third-order valence-corrected chi connectivity index (χ3v) is 5.17. The van der Waals surface area contributed by atoms with Gasteiger partial charge in [-0.3, -0.25) is 0 Å². The number of rotatable bonds is 2. The van der Waals surface area contributed by atoms with Crippen LogP contribution >= 0.6 is 0 Å². The molecule has 2 fully saturated rings. The van der Waals surface area contributed by atoms with Gasteiger partial charge in [0.05, 0.1) is 5.69 Å². The molecule has 0 unspecified atom stereocenters. The fourth-order valence-corrected chi connectivity index (χ4v) is 4.00. The molecule has 3 heteroatoms. The van der Waals surface area contributed by atoms with E-state index in [0.717, 1.165) is 30.6 Å². The second-order valence-electron chi connectivity index (χ2n) is 6.43. The van der Waals surface area contributed by atoms with Crippen LogP contribution in [0.15, 0.2) is 18.2 Å². The van der Waals surface area contributed by atoms with Crippen LogP contribution in [-0.4, -0.2) is 13.1 Å². The molecule has 0 amide bonds. The predicted octanol–water partition coefficient (Wildman–Crippen LogP) is 4.20. The van der Waals surface area contributed by atoms with Crippen LogP contribution in [0.2, 0.25) is 0 Å². The highest BCUT2D eigenvalue weighted by Gasteiger charge is 2.28. The molecule has 0 spiro atoms. The van der Waals surface area contributed by atoms with E-state index in [2.05, 4.69) is 4.90 Å². The molecule has 1 saturated carbocycles. The molecule has 1 aliphatic heterocycles. The quantitative estimate of drug-likeness (QED) is 0.820. The van der Waals surface area contributed by atoms with E-state index in [4.69, 9.17) is 5.73 Å². The molecule has 1 saturated heterocycles. The van der Waals surface area contributed by atoms with Crippen molar-refractivity contribution in [2.45, 2.75) is 44.9 Å². The minimum absolute atomic E-state index is 0.180. The Balaban J connectivity index is 1.60. The highest BCUT2D eigenvalue weighted by atomic mass is 19.1. The summed E-state index contributed by atoms with van der Waals surface area (Å²) in [5.74, 6) is 1.62. The summed E-state index contributed by atoms with van der Waals surface area (Å²) in [6, 6.07) is 5.06. The third-order valence-electron chi connectivity index (χ3n) is 5.17. The Morgan fingerprint density at radius 1 is 0.950 bits per heavy atom. The lowest BCUT2D eigenvalue weighted by Gasteiger charge is -2.38. The zero-order chi connectivity index (χ0) is 13.9. The van der Waals surface area contributed by atoms with Crippen LogP contribution in [0, 0.1) is 17.7 Å². The number of hydrogen-bond donors (Lipinski definition) is 1. The Hall–Kier alpha value is -1.25. The summed E-state index contributed by atoms with van der Waals surface area (Å²) in [5, 5.41) is 0. The highest BCUT2D eigenvalue weighted by molar-refractivity contribution is 5.54. The van der Waals surface area contributed by atoms with Crippen molar-refractivity contribution < 1.29 is 4.39 Å². The average Bonchev–Trinajstić information content (AvgIpc) is 2.48. The molecule has 110 valence electrons. The van der Waals surface area contributed by atoms with Gasteiger partial charge >= 0.3 is 0 Å². The van der Waals surface area contributed by atoms with Crippen LogP contribution in [0.25, 0.3) is 0 Å². The number of anilines is 2. The van der Waals surface area contributed by atoms with Gasteiger partial charge < -0.3 is 10.6 Å². The standard InChI is InChI=1S/C17H25FN2/c18-16-12-15(19)6-7-17(16)20-10-8-14(9-11-20)13-4-2-1-3-5-13/h6-7,12-14H,1-5,8-11,19H2. The normalized spacial score (nSPS) is 22.1. The molecule has 3 rings (SSSR count). The van der Waals surface area contributed by atoms with E-state index in [9.17, 15) is 4.39 Å². The summed E-state index contributed by atoms with van der Waals surface area (Å²) >= 11 is 0. The van der Waals surface area contributed by atoms with Crippen molar-refractivity contribution in [1.82, 2.24) is 0 Å². The second-order valence-corrected chi connectivity index (χ2v) is 6.43. The van der Waals surface area contributed by atoms with Crippen molar-refractivity contribution in [3.63, 3.8) is 0 Å². The summed E-state index contributed by atoms with van der Waals surface area (Å²) in [6.07, 6.45) is 9.52. The molecule has 2 nitrogen and oxygen atoms in total. The number of nitrogen functional groups attached to an aromatic ring is 1. The summed E-state index contributed by atoms with van der Waals surface area (Å²) in [4.78, 5) is 2.19. The van der Waals surface area contributed by atoms with Gasteiger partial charge in [-0.15, -0.1) is 0 Å². The van der Waals surface area contributed by atoms with E-state index in [-0.39, 0.29) is 5.82 Å².